The first kappa shape index (κ1) is 20.7. The molecule has 0 radical (unpaired) electrons. The molecule has 2 aliphatic rings. The van der Waals surface area contributed by atoms with E-state index in [2.05, 4.69) is 25.2 Å². The fraction of sp³-hybridized carbons (Fsp3) is 0.522. The van der Waals surface area contributed by atoms with Crippen LogP contribution in [0.4, 0.5) is 5.82 Å². The van der Waals surface area contributed by atoms with Gasteiger partial charge in [0.05, 0.1) is 12.8 Å². The average molecular weight is 436 g/mol. The Morgan fingerprint density at radius 3 is 2.50 bits per heavy atom. The number of fused-ring (bicyclic) bond motifs is 1. The highest BCUT2D eigenvalue weighted by atomic mass is 16.5. The number of anilines is 1. The molecule has 1 saturated carbocycles. The molecule has 168 valence electrons. The van der Waals surface area contributed by atoms with Gasteiger partial charge < -0.3 is 14.5 Å². The van der Waals surface area contributed by atoms with E-state index >= 15 is 0 Å². The minimum atomic E-state index is 0.301. The van der Waals surface area contributed by atoms with E-state index in [0.717, 1.165) is 30.3 Å². The molecule has 0 unspecified atom stereocenters. The summed E-state index contributed by atoms with van der Waals surface area (Å²) in [6.45, 7) is 2.89. The summed E-state index contributed by atoms with van der Waals surface area (Å²) in [5.74, 6) is 2.43. The summed E-state index contributed by atoms with van der Waals surface area (Å²) in [5, 5.41) is 8.70. The quantitative estimate of drug-likeness (QED) is 0.609. The maximum atomic E-state index is 12.8. The molecular weight excluding hydrogens is 406 g/mol. The second kappa shape index (κ2) is 9.10. The maximum absolute atomic E-state index is 12.8. The lowest BCUT2D eigenvalue weighted by Gasteiger charge is -2.36. The molecule has 1 aliphatic carbocycles. The van der Waals surface area contributed by atoms with Crippen LogP contribution < -0.4 is 9.64 Å². The maximum Gasteiger partial charge on any atom is 0.222 e. The van der Waals surface area contributed by atoms with E-state index < -0.39 is 0 Å². The summed E-state index contributed by atoms with van der Waals surface area (Å²) in [7, 11) is 1.64. The molecule has 1 saturated heterocycles. The van der Waals surface area contributed by atoms with Crippen LogP contribution in [-0.2, 0) is 4.79 Å². The number of piperazine rings is 1. The number of ether oxygens (including phenoxy) is 1. The first-order valence-corrected chi connectivity index (χ1v) is 11.5. The Hall–Kier alpha value is -3.23. The van der Waals surface area contributed by atoms with E-state index in [-0.39, 0.29) is 0 Å². The van der Waals surface area contributed by atoms with Gasteiger partial charge in [-0.05, 0) is 43.0 Å². The van der Waals surface area contributed by atoms with Gasteiger partial charge in [-0.15, -0.1) is 5.10 Å². The number of hydrogen-bond donors (Lipinski definition) is 0. The molecule has 3 heterocycles. The fourth-order valence-corrected chi connectivity index (χ4v) is 4.80. The van der Waals surface area contributed by atoms with Crippen LogP contribution in [0.1, 0.15) is 38.5 Å². The number of rotatable bonds is 5. The monoisotopic (exact) mass is 435 g/mol. The third-order valence-corrected chi connectivity index (χ3v) is 6.66. The lowest BCUT2D eigenvalue weighted by Crippen LogP contribution is -2.49. The molecule has 0 N–H and O–H groups in total. The van der Waals surface area contributed by atoms with Crippen LogP contribution in [0.15, 0.2) is 30.6 Å². The first-order chi connectivity index (χ1) is 15.7. The molecule has 1 aliphatic heterocycles. The van der Waals surface area contributed by atoms with E-state index in [1.165, 1.54) is 32.1 Å². The van der Waals surface area contributed by atoms with E-state index in [4.69, 9.17) is 4.74 Å². The number of nitrogens with zero attached hydrogens (tertiary/aromatic N) is 7. The SMILES string of the molecule is COc1ccc(-n2nnc3c(N4CCN(C(=O)CC5CCCCC5)CC4)ncnc32)cc1. The van der Waals surface area contributed by atoms with Crippen molar-refractivity contribution < 1.29 is 9.53 Å². The van der Waals surface area contributed by atoms with Crippen molar-refractivity contribution in [3.8, 4) is 11.4 Å². The number of aromatic nitrogens is 5. The Morgan fingerprint density at radius 1 is 1.03 bits per heavy atom. The number of hydrogen-bond acceptors (Lipinski definition) is 7. The summed E-state index contributed by atoms with van der Waals surface area (Å²) < 4.78 is 6.95. The lowest BCUT2D eigenvalue weighted by molar-refractivity contribution is -0.132. The molecule has 2 fully saturated rings. The van der Waals surface area contributed by atoms with Crippen molar-refractivity contribution >= 4 is 22.9 Å². The molecule has 9 nitrogen and oxygen atoms in total. The van der Waals surface area contributed by atoms with Crippen LogP contribution >= 0.6 is 0 Å². The number of methoxy groups -OCH3 is 1. The summed E-state index contributed by atoms with van der Waals surface area (Å²) in [6, 6.07) is 7.61. The molecule has 32 heavy (non-hydrogen) atoms. The van der Waals surface area contributed by atoms with Gasteiger partial charge in [-0.25, -0.2) is 9.97 Å². The Bertz CT molecular complexity index is 1070. The number of carbonyl (C=O) groups is 1. The molecule has 0 spiro atoms. The summed E-state index contributed by atoms with van der Waals surface area (Å²) in [4.78, 5) is 25.9. The van der Waals surface area contributed by atoms with Gasteiger partial charge in [0.1, 0.15) is 12.1 Å². The van der Waals surface area contributed by atoms with Crippen molar-refractivity contribution in [2.75, 3.05) is 38.2 Å². The van der Waals surface area contributed by atoms with Crippen molar-refractivity contribution in [3.63, 3.8) is 0 Å². The lowest BCUT2D eigenvalue weighted by atomic mass is 9.86. The van der Waals surface area contributed by atoms with Crippen molar-refractivity contribution in [3.05, 3.63) is 30.6 Å². The molecule has 2 aromatic heterocycles. The zero-order chi connectivity index (χ0) is 21.9. The Morgan fingerprint density at radius 2 is 1.78 bits per heavy atom. The van der Waals surface area contributed by atoms with Gasteiger partial charge in [0.25, 0.3) is 0 Å². The topological polar surface area (TPSA) is 89.3 Å². The Labute approximate surface area is 187 Å². The van der Waals surface area contributed by atoms with Crippen LogP contribution in [0, 0.1) is 5.92 Å². The first-order valence-electron chi connectivity index (χ1n) is 11.5. The average Bonchev–Trinajstić information content (AvgIpc) is 3.29. The summed E-state index contributed by atoms with van der Waals surface area (Å²) in [5.41, 5.74) is 2.19. The van der Waals surface area contributed by atoms with Gasteiger partial charge >= 0.3 is 0 Å². The third-order valence-electron chi connectivity index (χ3n) is 6.66. The van der Waals surface area contributed by atoms with Crippen LogP contribution in [0.25, 0.3) is 16.9 Å². The zero-order valence-corrected chi connectivity index (χ0v) is 18.5. The molecule has 1 amide bonds. The number of benzene rings is 1. The van der Waals surface area contributed by atoms with Crippen molar-refractivity contribution in [1.82, 2.24) is 29.9 Å². The second-order valence-electron chi connectivity index (χ2n) is 8.64. The van der Waals surface area contributed by atoms with Gasteiger partial charge in [-0.1, -0.05) is 24.5 Å². The fourth-order valence-electron chi connectivity index (χ4n) is 4.80. The van der Waals surface area contributed by atoms with Crippen LogP contribution in [0.2, 0.25) is 0 Å². The molecular formula is C23H29N7O2. The van der Waals surface area contributed by atoms with Crippen LogP contribution in [0.5, 0.6) is 5.75 Å². The largest absolute Gasteiger partial charge is 0.497 e. The second-order valence-corrected chi connectivity index (χ2v) is 8.64. The van der Waals surface area contributed by atoms with Gasteiger partial charge in [-0.3, -0.25) is 4.79 Å². The highest BCUT2D eigenvalue weighted by Gasteiger charge is 2.26. The highest BCUT2D eigenvalue weighted by molar-refractivity contribution is 5.84. The minimum Gasteiger partial charge on any atom is -0.497 e. The van der Waals surface area contributed by atoms with Crippen molar-refractivity contribution in [1.29, 1.82) is 0 Å². The zero-order valence-electron chi connectivity index (χ0n) is 18.5. The van der Waals surface area contributed by atoms with E-state index in [1.807, 2.05) is 29.2 Å². The van der Waals surface area contributed by atoms with E-state index in [9.17, 15) is 4.79 Å². The molecule has 9 heteroatoms. The smallest absolute Gasteiger partial charge is 0.222 e. The Balaban J connectivity index is 1.28. The summed E-state index contributed by atoms with van der Waals surface area (Å²) in [6.07, 6.45) is 8.53. The third kappa shape index (κ3) is 4.11. The van der Waals surface area contributed by atoms with Gasteiger partial charge in [-0.2, -0.15) is 4.68 Å². The standard InChI is InChI=1S/C23H29N7O2/c1-32-19-9-7-18(8-10-19)30-23-21(26-27-30)22(24-16-25-23)29-13-11-28(12-14-29)20(31)15-17-5-3-2-4-6-17/h7-10,16-17H,2-6,11-15H2,1H3. The van der Waals surface area contributed by atoms with Gasteiger partial charge in [0, 0.05) is 32.6 Å². The van der Waals surface area contributed by atoms with Crippen molar-refractivity contribution in [2.45, 2.75) is 38.5 Å². The molecule has 0 bridgehead atoms. The number of amides is 1. The molecule has 1 aromatic carbocycles. The number of carbonyl (C=O) groups excluding carboxylic acids is 1. The van der Waals surface area contributed by atoms with Crippen molar-refractivity contribution in [2.24, 2.45) is 5.92 Å². The molecule has 3 aromatic rings. The van der Waals surface area contributed by atoms with E-state index in [0.29, 0.717) is 42.5 Å². The van der Waals surface area contributed by atoms with E-state index in [1.54, 1.807) is 18.1 Å². The molecule has 5 rings (SSSR count). The Kier molecular flexibility index (Phi) is 5.87. The predicted molar refractivity (Wildman–Crippen MR) is 121 cm³/mol. The molecule has 0 atom stereocenters. The summed E-state index contributed by atoms with van der Waals surface area (Å²) >= 11 is 0. The highest BCUT2D eigenvalue weighted by Crippen LogP contribution is 2.28. The minimum absolute atomic E-state index is 0.301. The van der Waals surface area contributed by atoms with Gasteiger partial charge in [0.2, 0.25) is 5.91 Å². The van der Waals surface area contributed by atoms with Crippen LogP contribution in [-0.4, -0.2) is 69.1 Å². The predicted octanol–water partition coefficient (Wildman–Crippen LogP) is 2.84. The van der Waals surface area contributed by atoms with Crippen LogP contribution in [0.3, 0.4) is 0 Å². The van der Waals surface area contributed by atoms with Gasteiger partial charge in [0.15, 0.2) is 17.0 Å². The normalized spacial score (nSPS) is 17.7.